The van der Waals surface area contributed by atoms with E-state index in [1.807, 2.05) is 60.7 Å². The van der Waals surface area contributed by atoms with Crippen LogP contribution < -0.4 is 17.1 Å². The third-order valence-corrected chi connectivity index (χ3v) is 3.56. The zero-order valence-corrected chi connectivity index (χ0v) is 13.5. The number of nitrogen functional groups attached to an aromatic ring is 2. The summed E-state index contributed by atoms with van der Waals surface area (Å²) in [5.41, 5.74) is 5.08. The van der Waals surface area contributed by atoms with Gasteiger partial charge < -0.3 is 10.7 Å². The molecule has 128 valence electrons. The lowest BCUT2D eigenvalue weighted by molar-refractivity contribution is 0.146. The molecule has 0 aliphatic rings. The number of hydrogen-bond acceptors (Lipinski definition) is 7. The van der Waals surface area contributed by atoms with E-state index in [2.05, 4.69) is 20.8 Å². The number of nitrogens with two attached hydrogens (primary N) is 2. The number of benzene rings is 2. The molecule has 3 rings (SSSR count). The van der Waals surface area contributed by atoms with Crippen molar-refractivity contribution in [3.63, 3.8) is 0 Å². The minimum Gasteiger partial charge on any atom is -0.395 e. The first-order chi connectivity index (χ1) is 12.3. The Kier molecular flexibility index (Phi) is 5.22. The van der Waals surface area contributed by atoms with Gasteiger partial charge in [-0.3, -0.25) is 5.43 Å². The van der Waals surface area contributed by atoms with E-state index in [0.29, 0.717) is 18.9 Å². The summed E-state index contributed by atoms with van der Waals surface area (Å²) in [6, 6.07) is 19.7. The number of nitrogens with zero attached hydrogens (tertiary/aromatic N) is 4. The van der Waals surface area contributed by atoms with E-state index in [9.17, 15) is 0 Å². The van der Waals surface area contributed by atoms with Gasteiger partial charge in [0.15, 0.2) is 5.82 Å². The largest absolute Gasteiger partial charge is 0.395 e. The maximum Gasteiger partial charge on any atom is 0.257 e. The minimum atomic E-state index is 0.285. The molecule has 1 heterocycles. The monoisotopic (exact) mass is 337 g/mol. The smallest absolute Gasteiger partial charge is 0.257 e. The summed E-state index contributed by atoms with van der Waals surface area (Å²) in [6.07, 6.45) is 0.450. The topological polar surface area (TPSA) is 116 Å². The van der Waals surface area contributed by atoms with Gasteiger partial charge in [-0.1, -0.05) is 65.8 Å². The van der Waals surface area contributed by atoms with Crippen molar-refractivity contribution in [3.05, 3.63) is 77.6 Å². The number of oxime groups is 1. The van der Waals surface area contributed by atoms with Gasteiger partial charge >= 0.3 is 0 Å². The molecule has 25 heavy (non-hydrogen) atoms. The second kappa shape index (κ2) is 7.93. The molecule has 8 heteroatoms. The van der Waals surface area contributed by atoms with E-state index in [4.69, 9.17) is 16.5 Å². The molecule has 1 aromatic heterocycles. The molecule has 0 aliphatic heterocycles. The van der Waals surface area contributed by atoms with E-state index >= 15 is 0 Å². The molecule has 0 fully saturated rings. The first kappa shape index (κ1) is 16.5. The van der Waals surface area contributed by atoms with Crippen LogP contribution in [0, 0.1) is 0 Å². The van der Waals surface area contributed by atoms with Gasteiger partial charge in [-0.05, 0) is 0 Å². The van der Waals surface area contributed by atoms with Gasteiger partial charge in [0.05, 0.1) is 0 Å². The zero-order valence-electron chi connectivity index (χ0n) is 13.5. The van der Waals surface area contributed by atoms with Crippen LogP contribution in [-0.4, -0.2) is 27.2 Å². The van der Waals surface area contributed by atoms with Crippen molar-refractivity contribution in [1.82, 2.24) is 14.9 Å². The SMILES string of the molecule is NNc1nnc(CCON=C(c2ccccc2)c2ccccc2)n1N. The van der Waals surface area contributed by atoms with Crippen molar-refractivity contribution < 1.29 is 4.84 Å². The lowest BCUT2D eigenvalue weighted by Gasteiger charge is -2.07. The fourth-order valence-electron chi connectivity index (χ4n) is 2.30. The summed E-state index contributed by atoms with van der Waals surface area (Å²) in [6.45, 7) is 0.309. The molecule has 0 bridgehead atoms. The number of nitrogens with one attached hydrogen (secondary N) is 1. The molecule has 0 amide bonds. The highest BCUT2D eigenvalue weighted by Gasteiger charge is 2.09. The molecule has 3 aromatic rings. The van der Waals surface area contributed by atoms with Gasteiger partial charge in [-0.25, -0.2) is 10.5 Å². The van der Waals surface area contributed by atoms with Gasteiger partial charge in [0.2, 0.25) is 0 Å². The van der Waals surface area contributed by atoms with Gasteiger partial charge in [-0.2, -0.15) is 0 Å². The summed E-state index contributed by atoms with van der Waals surface area (Å²) in [5, 5.41) is 12.1. The molecule has 0 saturated carbocycles. The Morgan fingerprint density at radius 3 is 2.12 bits per heavy atom. The van der Waals surface area contributed by atoms with Crippen LogP contribution in [0.2, 0.25) is 0 Å². The van der Waals surface area contributed by atoms with E-state index < -0.39 is 0 Å². The second-order valence-corrected chi connectivity index (χ2v) is 5.21. The Labute approximate surface area is 145 Å². The second-order valence-electron chi connectivity index (χ2n) is 5.21. The highest BCUT2D eigenvalue weighted by molar-refractivity contribution is 6.12. The minimum absolute atomic E-state index is 0.285. The maximum atomic E-state index is 5.80. The number of hydrogen-bond donors (Lipinski definition) is 3. The van der Waals surface area contributed by atoms with E-state index in [1.54, 1.807) is 0 Å². The van der Waals surface area contributed by atoms with Crippen LogP contribution in [0.3, 0.4) is 0 Å². The molecule has 0 atom stereocenters. The van der Waals surface area contributed by atoms with Crippen LogP contribution in [0.4, 0.5) is 5.95 Å². The third-order valence-electron chi connectivity index (χ3n) is 3.56. The van der Waals surface area contributed by atoms with Crippen molar-refractivity contribution in [3.8, 4) is 0 Å². The fraction of sp³-hybridized carbons (Fsp3) is 0.118. The Hall–Kier alpha value is -3.39. The number of aromatic nitrogens is 3. The number of anilines is 1. The maximum absolute atomic E-state index is 5.80. The molecule has 0 spiro atoms. The Morgan fingerprint density at radius 2 is 1.60 bits per heavy atom. The first-order valence-electron chi connectivity index (χ1n) is 7.76. The van der Waals surface area contributed by atoms with Gasteiger partial charge in [-0.15, -0.1) is 10.2 Å². The van der Waals surface area contributed by atoms with Gasteiger partial charge in [0.25, 0.3) is 5.95 Å². The Bertz CT molecular complexity index is 789. The van der Waals surface area contributed by atoms with E-state index in [1.165, 1.54) is 4.68 Å². The molecular formula is C17H19N7O. The number of hydrazine groups is 1. The van der Waals surface area contributed by atoms with Crippen LogP contribution in [-0.2, 0) is 11.3 Å². The molecule has 0 saturated heterocycles. The predicted molar refractivity (Wildman–Crippen MR) is 96.2 cm³/mol. The van der Waals surface area contributed by atoms with Crippen LogP contribution in [0.15, 0.2) is 65.8 Å². The summed E-state index contributed by atoms with van der Waals surface area (Å²) < 4.78 is 1.28. The molecule has 0 radical (unpaired) electrons. The van der Waals surface area contributed by atoms with E-state index in [-0.39, 0.29) is 5.95 Å². The molecule has 0 aliphatic carbocycles. The summed E-state index contributed by atoms with van der Waals surface area (Å²) >= 11 is 0. The Balaban J connectivity index is 1.72. The summed E-state index contributed by atoms with van der Waals surface area (Å²) in [5.74, 6) is 11.9. The molecule has 0 unspecified atom stereocenters. The van der Waals surface area contributed by atoms with Crippen molar-refractivity contribution in [2.24, 2.45) is 11.0 Å². The zero-order chi connectivity index (χ0) is 17.5. The molecule has 8 nitrogen and oxygen atoms in total. The van der Waals surface area contributed by atoms with Crippen LogP contribution in [0.25, 0.3) is 0 Å². The van der Waals surface area contributed by atoms with Crippen molar-refractivity contribution in [2.75, 3.05) is 17.9 Å². The average molecular weight is 337 g/mol. The lowest BCUT2D eigenvalue weighted by Crippen LogP contribution is -2.20. The highest BCUT2D eigenvalue weighted by atomic mass is 16.6. The highest BCUT2D eigenvalue weighted by Crippen LogP contribution is 2.11. The van der Waals surface area contributed by atoms with E-state index in [0.717, 1.165) is 16.8 Å². The lowest BCUT2D eigenvalue weighted by atomic mass is 10.0. The quantitative estimate of drug-likeness (QED) is 0.259. The van der Waals surface area contributed by atoms with Crippen LogP contribution in [0.1, 0.15) is 17.0 Å². The van der Waals surface area contributed by atoms with Crippen LogP contribution in [0.5, 0.6) is 0 Å². The van der Waals surface area contributed by atoms with Gasteiger partial charge in [0, 0.05) is 17.5 Å². The standard InChI is InChI=1S/C17H19N7O/c18-20-17-22-21-15(24(17)19)11-12-25-23-16(13-7-3-1-4-8-13)14-9-5-2-6-10-14/h1-10H,11-12,18-19H2,(H,20,22). The third kappa shape index (κ3) is 3.93. The average Bonchev–Trinajstić information content (AvgIpc) is 3.03. The molecule has 5 N–H and O–H groups in total. The van der Waals surface area contributed by atoms with Crippen molar-refractivity contribution in [2.45, 2.75) is 6.42 Å². The first-order valence-corrected chi connectivity index (χ1v) is 7.76. The fourth-order valence-corrected chi connectivity index (χ4v) is 2.30. The van der Waals surface area contributed by atoms with Gasteiger partial charge in [0.1, 0.15) is 12.3 Å². The van der Waals surface area contributed by atoms with Crippen LogP contribution >= 0.6 is 0 Å². The molecule has 2 aromatic carbocycles. The van der Waals surface area contributed by atoms with Crippen molar-refractivity contribution in [1.29, 1.82) is 0 Å². The normalized spacial score (nSPS) is 10.3. The summed E-state index contributed by atoms with van der Waals surface area (Å²) in [4.78, 5) is 5.51. The Morgan fingerprint density at radius 1 is 1.00 bits per heavy atom. The molecular weight excluding hydrogens is 318 g/mol. The predicted octanol–water partition coefficient (Wildman–Crippen LogP) is 1.29. The number of rotatable bonds is 7. The summed E-state index contributed by atoms with van der Waals surface area (Å²) in [7, 11) is 0. The van der Waals surface area contributed by atoms with Crippen molar-refractivity contribution >= 4 is 11.7 Å².